The molecular weight excluding hydrogens is 495 g/mol. The molecule has 1 amide bonds. The summed E-state index contributed by atoms with van der Waals surface area (Å²) in [6.07, 6.45) is 8.46. The van der Waals surface area contributed by atoms with E-state index < -0.39 is 0 Å². The van der Waals surface area contributed by atoms with E-state index in [0.717, 1.165) is 76.9 Å². The summed E-state index contributed by atoms with van der Waals surface area (Å²) >= 11 is 12.5. The van der Waals surface area contributed by atoms with Gasteiger partial charge in [-0.3, -0.25) is 14.5 Å². The number of nitrogens with zero attached hydrogens (tertiary/aromatic N) is 3. The average Bonchev–Trinajstić information content (AvgIpc) is 3.74. The molecular formula is C28H42Cl2N4O2. The second kappa shape index (κ2) is 12.6. The van der Waals surface area contributed by atoms with Gasteiger partial charge in [0.1, 0.15) is 11.3 Å². The lowest BCUT2D eigenvalue weighted by molar-refractivity contribution is -0.147. The van der Waals surface area contributed by atoms with Crippen LogP contribution >= 0.6 is 23.2 Å². The van der Waals surface area contributed by atoms with Crippen molar-refractivity contribution in [2.24, 2.45) is 5.92 Å². The number of carbonyl (C=O) groups excluding carboxylic acids is 2. The van der Waals surface area contributed by atoms with Crippen molar-refractivity contribution in [3.63, 3.8) is 0 Å². The minimum absolute atomic E-state index is 0.240. The lowest BCUT2D eigenvalue weighted by atomic mass is 9.82. The molecule has 1 saturated carbocycles. The van der Waals surface area contributed by atoms with E-state index in [1.165, 1.54) is 19.3 Å². The molecule has 2 heterocycles. The predicted molar refractivity (Wildman–Crippen MR) is 147 cm³/mol. The predicted octanol–water partition coefficient (Wildman–Crippen LogP) is 4.44. The number of nitrogens with one attached hydrogen (secondary N) is 1. The van der Waals surface area contributed by atoms with E-state index in [2.05, 4.69) is 21.2 Å². The molecule has 1 aromatic rings. The number of amides is 1. The molecule has 36 heavy (non-hydrogen) atoms. The maximum Gasteiger partial charge on any atom is 0.242 e. The lowest BCUT2D eigenvalue weighted by Crippen LogP contribution is -2.64. The quantitative estimate of drug-likeness (QED) is 0.452. The number of Topliss-reactive ketones (excluding diaryl/α,β-unsaturated/α-hetero) is 1. The van der Waals surface area contributed by atoms with Crippen LogP contribution in [0.5, 0.6) is 0 Å². The van der Waals surface area contributed by atoms with E-state index in [1.807, 2.05) is 26.2 Å². The van der Waals surface area contributed by atoms with Gasteiger partial charge in [-0.25, -0.2) is 0 Å². The van der Waals surface area contributed by atoms with Crippen molar-refractivity contribution >= 4 is 34.9 Å². The Morgan fingerprint density at radius 3 is 2.36 bits per heavy atom. The number of rotatable bonds is 11. The Kier molecular flexibility index (Phi) is 9.73. The maximum absolute atomic E-state index is 13.4. The number of likely N-dealkylation sites (N-methyl/N-ethyl adjacent to an activating group) is 1. The third-order valence-electron chi connectivity index (χ3n) is 8.38. The number of hydrogen-bond donors (Lipinski definition) is 1. The van der Waals surface area contributed by atoms with E-state index >= 15 is 0 Å². The zero-order valence-corrected chi connectivity index (χ0v) is 23.4. The second-order valence-corrected chi connectivity index (χ2v) is 12.0. The summed E-state index contributed by atoms with van der Waals surface area (Å²) in [6, 6.07) is 5.88. The molecule has 1 unspecified atom stereocenters. The normalized spacial score (nSPS) is 21.8. The van der Waals surface area contributed by atoms with Crippen molar-refractivity contribution in [1.29, 1.82) is 0 Å². The van der Waals surface area contributed by atoms with E-state index in [1.54, 1.807) is 4.90 Å². The summed E-state index contributed by atoms with van der Waals surface area (Å²) in [6.45, 7) is 6.05. The third kappa shape index (κ3) is 6.82. The van der Waals surface area contributed by atoms with E-state index in [-0.39, 0.29) is 23.3 Å². The molecule has 0 aromatic heterocycles. The summed E-state index contributed by atoms with van der Waals surface area (Å²) in [5, 5.41) is 4.54. The van der Waals surface area contributed by atoms with Crippen LogP contribution in [0.15, 0.2) is 18.2 Å². The highest BCUT2D eigenvalue weighted by Crippen LogP contribution is 2.34. The summed E-state index contributed by atoms with van der Waals surface area (Å²) in [5.74, 6) is 1.11. The van der Waals surface area contributed by atoms with Crippen LogP contribution in [0.3, 0.4) is 0 Å². The fourth-order valence-corrected chi connectivity index (χ4v) is 6.27. The Morgan fingerprint density at radius 2 is 1.75 bits per heavy atom. The summed E-state index contributed by atoms with van der Waals surface area (Å²) < 4.78 is 0. The van der Waals surface area contributed by atoms with Gasteiger partial charge in [0.2, 0.25) is 5.91 Å². The highest BCUT2D eigenvalue weighted by molar-refractivity contribution is 6.42. The third-order valence-corrected chi connectivity index (χ3v) is 9.12. The fourth-order valence-electron chi connectivity index (χ4n) is 5.96. The van der Waals surface area contributed by atoms with Crippen LogP contribution in [-0.2, 0) is 9.59 Å². The van der Waals surface area contributed by atoms with Crippen molar-refractivity contribution in [2.75, 3.05) is 59.9 Å². The topological polar surface area (TPSA) is 55.9 Å². The number of carbonyl (C=O) groups is 2. The van der Waals surface area contributed by atoms with Crippen molar-refractivity contribution in [2.45, 2.75) is 62.8 Å². The molecule has 1 aliphatic carbocycles. The number of halogens is 2. The smallest absolute Gasteiger partial charge is 0.242 e. The Morgan fingerprint density at radius 1 is 1.06 bits per heavy atom. The van der Waals surface area contributed by atoms with Gasteiger partial charge in [-0.1, -0.05) is 35.7 Å². The SMILES string of the molecule is CN(C)C(=O)C1(N2CCCCC2)CCN(CCC(CNCC(=O)C2CC2)c2ccc(Cl)c(Cl)c2)CC1. The molecule has 1 N–H and O–H groups in total. The molecule has 6 nitrogen and oxygen atoms in total. The molecule has 2 saturated heterocycles. The molecule has 0 spiro atoms. The van der Waals surface area contributed by atoms with Crippen molar-refractivity contribution < 1.29 is 9.59 Å². The minimum atomic E-state index is -0.353. The number of piperidine rings is 2. The van der Waals surface area contributed by atoms with Crippen LogP contribution in [0.25, 0.3) is 0 Å². The highest BCUT2D eigenvalue weighted by atomic mass is 35.5. The minimum Gasteiger partial charge on any atom is -0.347 e. The largest absolute Gasteiger partial charge is 0.347 e. The Balaban J connectivity index is 1.37. The van der Waals surface area contributed by atoms with Crippen LogP contribution in [0, 0.1) is 5.92 Å². The molecule has 3 aliphatic rings. The van der Waals surface area contributed by atoms with Gasteiger partial charge < -0.3 is 15.1 Å². The molecule has 1 atom stereocenters. The molecule has 4 rings (SSSR count). The number of benzene rings is 1. The Bertz CT molecular complexity index is 907. The van der Waals surface area contributed by atoms with Crippen LogP contribution in [-0.4, -0.2) is 91.8 Å². The van der Waals surface area contributed by atoms with Crippen LogP contribution < -0.4 is 5.32 Å². The molecule has 8 heteroatoms. The van der Waals surface area contributed by atoms with Gasteiger partial charge in [0.25, 0.3) is 0 Å². The van der Waals surface area contributed by atoms with E-state index in [9.17, 15) is 9.59 Å². The van der Waals surface area contributed by atoms with Gasteiger partial charge in [0, 0.05) is 39.6 Å². The van der Waals surface area contributed by atoms with E-state index in [4.69, 9.17) is 23.2 Å². The molecule has 3 fully saturated rings. The monoisotopic (exact) mass is 536 g/mol. The van der Waals surface area contributed by atoms with Crippen LogP contribution in [0.2, 0.25) is 10.0 Å². The summed E-state index contributed by atoms with van der Waals surface area (Å²) in [4.78, 5) is 32.3. The van der Waals surface area contributed by atoms with E-state index in [0.29, 0.717) is 22.4 Å². The summed E-state index contributed by atoms with van der Waals surface area (Å²) in [7, 11) is 3.78. The first-order valence-electron chi connectivity index (χ1n) is 13.7. The van der Waals surface area contributed by atoms with Crippen LogP contribution in [0.4, 0.5) is 0 Å². The number of hydrogen-bond acceptors (Lipinski definition) is 5. The first kappa shape index (κ1) is 27.8. The van der Waals surface area contributed by atoms with Crippen molar-refractivity contribution in [3.8, 4) is 0 Å². The van der Waals surface area contributed by atoms with Gasteiger partial charge in [-0.2, -0.15) is 0 Å². The van der Waals surface area contributed by atoms with Gasteiger partial charge in [0.15, 0.2) is 0 Å². The first-order chi connectivity index (χ1) is 17.3. The van der Waals surface area contributed by atoms with Gasteiger partial charge in [0.05, 0.1) is 16.6 Å². The fraction of sp³-hybridized carbons (Fsp3) is 0.714. The van der Waals surface area contributed by atoms with Gasteiger partial charge in [-0.15, -0.1) is 0 Å². The van der Waals surface area contributed by atoms with Gasteiger partial charge in [-0.05, 0) is 88.2 Å². The molecule has 0 radical (unpaired) electrons. The maximum atomic E-state index is 13.4. The van der Waals surface area contributed by atoms with Crippen molar-refractivity contribution in [1.82, 2.24) is 20.0 Å². The average molecular weight is 538 g/mol. The standard InChI is InChI=1S/C28H42Cl2N4O2/c1-32(2)27(36)28(34-13-4-3-5-14-34)11-16-33(17-12-28)15-10-23(19-31-20-26(35)21-6-7-21)22-8-9-24(29)25(30)18-22/h8-9,18,21,23,31H,3-7,10-17,19-20H2,1-2H3. The second-order valence-electron chi connectivity index (χ2n) is 11.2. The highest BCUT2D eigenvalue weighted by Gasteiger charge is 2.47. The van der Waals surface area contributed by atoms with Crippen molar-refractivity contribution in [3.05, 3.63) is 33.8 Å². The molecule has 2 aliphatic heterocycles. The molecule has 1 aromatic carbocycles. The zero-order valence-electron chi connectivity index (χ0n) is 21.9. The molecule has 200 valence electrons. The summed E-state index contributed by atoms with van der Waals surface area (Å²) in [5.41, 5.74) is 0.798. The van der Waals surface area contributed by atoms with Crippen LogP contribution in [0.1, 0.15) is 62.8 Å². The first-order valence-corrected chi connectivity index (χ1v) is 14.4. The Labute approximate surface area is 226 Å². The Hall–Kier alpha value is -1.18. The number of ketones is 1. The molecule has 0 bridgehead atoms. The van der Waals surface area contributed by atoms with Gasteiger partial charge >= 0.3 is 0 Å². The number of likely N-dealkylation sites (tertiary alicyclic amines) is 2. The lowest BCUT2D eigenvalue weighted by Gasteiger charge is -2.50. The zero-order chi connectivity index (χ0) is 25.7.